The van der Waals surface area contributed by atoms with E-state index in [9.17, 15) is 0 Å². The molecule has 0 aliphatic heterocycles. The summed E-state index contributed by atoms with van der Waals surface area (Å²) in [6.45, 7) is 0.289. The number of hydrogen-bond acceptors (Lipinski definition) is 3. The number of benzene rings is 1. The van der Waals surface area contributed by atoms with E-state index < -0.39 is 0 Å². The lowest BCUT2D eigenvalue weighted by Crippen LogP contribution is -2.22. The molecular formula is C8H9Br2N3O. The van der Waals surface area contributed by atoms with Gasteiger partial charge in [0.05, 0.1) is 12.2 Å². The highest BCUT2D eigenvalue weighted by Gasteiger charge is 2.03. The number of oxime groups is 1. The SMILES string of the molecule is N/C(CNc1c(Br)cccc1Br)=N/O. The first kappa shape index (κ1) is 11.3. The van der Waals surface area contributed by atoms with Crippen molar-refractivity contribution < 1.29 is 5.21 Å². The van der Waals surface area contributed by atoms with Crippen molar-refractivity contribution in [1.82, 2.24) is 0 Å². The molecule has 14 heavy (non-hydrogen) atoms. The molecule has 6 heteroatoms. The van der Waals surface area contributed by atoms with E-state index in [4.69, 9.17) is 10.9 Å². The molecular weight excluding hydrogens is 314 g/mol. The zero-order chi connectivity index (χ0) is 10.6. The average Bonchev–Trinajstić information content (AvgIpc) is 2.16. The fourth-order valence-electron chi connectivity index (χ4n) is 0.881. The summed E-state index contributed by atoms with van der Waals surface area (Å²) in [5.74, 6) is 0.132. The smallest absolute Gasteiger partial charge is 0.158 e. The van der Waals surface area contributed by atoms with Crippen molar-refractivity contribution in [2.45, 2.75) is 0 Å². The van der Waals surface area contributed by atoms with Crippen LogP contribution in [0.1, 0.15) is 0 Å². The minimum Gasteiger partial charge on any atom is -0.409 e. The number of nitrogens with two attached hydrogens (primary N) is 1. The molecule has 0 aliphatic carbocycles. The van der Waals surface area contributed by atoms with Crippen LogP contribution in [-0.4, -0.2) is 17.6 Å². The normalized spacial score (nSPS) is 11.4. The molecule has 0 saturated heterocycles. The molecule has 0 aromatic heterocycles. The van der Waals surface area contributed by atoms with Gasteiger partial charge in [0.25, 0.3) is 0 Å². The summed E-state index contributed by atoms with van der Waals surface area (Å²) < 4.78 is 1.83. The predicted molar refractivity (Wildman–Crippen MR) is 63.7 cm³/mol. The summed E-state index contributed by atoms with van der Waals surface area (Å²) in [7, 11) is 0. The van der Waals surface area contributed by atoms with Crippen molar-refractivity contribution in [2.24, 2.45) is 10.9 Å². The van der Waals surface area contributed by atoms with Crippen LogP contribution in [0.4, 0.5) is 5.69 Å². The van der Waals surface area contributed by atoms with Gasteiger partial charge in [0, 0.05) is 8.95 Å². The van der Waals surface area contributed by atoms with Crippen molar-refractivity contribution in [3.05, 3.63) is 27.1 Å². The molecule has 1 rings (SSSR count). The Kier molecular flexibility index (Phi) is 4.21. The van der Waals surface area contributed by atoms with Crippen LogP contribution in [0.3, 0.4) is 0 Å². The van der Waals surface area contributed by atoms with Gasteiger partial charge in [-0.3, -0.25) is 0 Å². The Hall–Kier alpha value is -0.750. The van der Waals surface area contributed by atoms with Gasteiger partial charge >= 0.3 is 0 Å². The van der Waals surface area contributed by atoms with Crippen LogP contribution in [0.25, 0.3) is 0 Å². The Bertz CT molecular complexity index is 334. The average molecular weight is 323 g/mol. The van der Waals surface area contributed by atoms with Crippen LogP contribution >= 0.6 is 31.9 Å². The Labute approximate surface area is 98.4 Å². The quantitative estimate of drug-likeness (QED) is 0.346. The van der Waals surface area contributed by atoms with Gasteiger partial charge in [0.1, 0.15) is 0 Å². The molecule has 0 fully saturated rings. The number of nitrogens with one attached hydrogen (secondary N) is 1. The van der Waals surface area contributed by atoms with Crippen molar-refractivity contribution in [3.8, 4) is 0 Å². The van der Waals surface area contributed by atoms with E-state index in [2.05, 4.69) is 42.3 Å². The Balaban J connectivity index is 2.76. The third-order valence-electron chi connectivity index (χ3n) is 1.54. The third kappa shape index (κ3) is 2.88. The zero-order valence-electron chi connectivity index (χ0n) is 7.17. The first-order valence-corrected chi connectivity index (χ1v) is 5.38. The molecule has 0 heterocycles. The number of amidine groups is 1. The van der Waals surface area contributed by atoms with E-state index in [1.54, 1.807) is 0 Å². The number of halogens is 2. The molecule has 0 bridgehead atoms. The molecule has 4 N–H and O–H groups in total. The maximum atomic E-state index is 8.35. The van der Waals surface area contributed by atoms with Gasteiger partial charge in [0.2, 0.25) is 0 Å². The van der Waals surface area contributed by atoms with Gasteiger partial charge in [0.15, 0.2) is 5.84 Å². The minimum atomic E-state index is 0.132. The van der Waals surface area contributed by atoms with Crippen LogP contribution in [0.5, 0.6) is 0 Å². The highest BCUT2D eigenvalue weighted by Crippen LogP contribution is 2.30. The van der Waals surface area contributed by atoms with Crippen LogP contribution < -0.4 is 11.1 Å². The first-order chi connectivity index (χ1) is 6.65. The summed E-state index contributed by atoms with van der Waals surface area (Å²) in [4.78, 5) is 0. The number of para-hydroxylation sites is 1. The van der Waals surface area contributed by atoms with Gasteiger partial charge in [-0.05, 0) is 44.0 Å². The van der Waals surface area contributed by atoms with Crippen molar-refractivity contribution in [2.75, 3.05) is 11.9 Å². The number of anilines is 1. The maximum Gasteiger partial charge on any atom is 0.158 e. The summed E-state index contributed by atoms with van der Waals surface area (Å²) in [5.41, 5.74) is 6.20. The standard InChI is InChI=1S/C8H9Br2N3O/c9-5-2-1-3-6(10)8(5)12-4-7(11)13-14/h1-3,12,14H,4H2,(H2,11,13). The molecule has 1 aromatic carbocycles. The lowest BCUT2D eigenvalue weighted by molar-refractivity contribution is 0.317. The molecule has 0 saturated carbocycles. The van der Waals surface area contributed by atoms with E-state index in [1.165, 1.54) is 0 Å². The Morgan fingerprint density at radius 2 is 2.00 bits per heavy atom. The van der Waals surface area contributed by atoms with E-state index in [-0.39, 0.29) is 12.4 Å². The first-order valence-electron chi connectivity index (χ1n) is 3.79. The van der Waals surface area contributed by atoms with Gasteiger partial charge in [-0.1, -0.05) is 11.2 Å². The second-order valence-electron chi connectivity index (χ2n) is 2.54. The molecule has 0 spiro atoms. The van der Waals surface area contributed by atoms with Gasteiger partial charge < -0.3 is 16.3 Å². The second kappa shape index (κ2) is 5.21. The van der Waals surface area contributed by atoms with E-state index >= 15 is 0 Å². The zero-order valence-corrected chi connectivity index (χ0v) is 10.3. The summed E-state index contributed by atoms with van der Waals surface area (Å²) in [6.07, 6.45) is 0. The summed E-state index contributed by atoms with van der Waals surface area (Å²) in [6, 6.07) is 5.71. The van der Waals surface area contributed by atoms with Crippen LogP contribution in [0, 0.1) is 0 Å². The highest BCUT2D eigenvalue weighted by molar-refractivity contribution is 9.11. The largest absolute Gasteiger partial charge is 0.409 e. The third-order valence-corrected chi connectivity index (χ3v) is 2.86. The number of rotatable bonds is 3. The maximum absolute atomic E-state index is 8.35. The monoisotopic (exact) mass is 321 g/mol. The second-order valence-corrected chi connectivity index (χ2v) is 4.25. The Morgan fingerprint density at radius 1 is 1.43 bits per heavy atom. The van der Waals surface area contributed by atoms with Gasteiger partial charge in [-0.2, -0.15) is 0 Å². The molecule has 0 radical (unpaired) electrons. The molecule has 1 aromatic rings. The van der Waals surface area contributed by atoms with Gasteiger partial charge in [-0.25, -0.2) is 0 Å². The lowest BCUT2D eigenvalue weighted by atomic mass is 10.3. The molecule has 0 aliphatic rings. The van der Waals surface area contributed by atoms with Crippen molar-refractivity contribution in [3.63, 3.8) is 0 Å². The highest BCUT2D eigenvalue weighted by atomic mass is 79.9. The number of nitrogens with zero attached hydrogens (tertiary/aromatic N) is 1. The van der Waals surface area contributed by atoms with Crippen molar-refractivity contribution >= 4 is 43.4 Å². The van der Waals surface area contributed by atoms with Gasteiger partial charge in [-0.15, -0.1) is 0 Å². The van der Waals surface area contributed by atoms with E-state index in [1.807, 2.05) is 18.2 Å². The van der Waals surface area contributed by atoms with Crippen molar-refractivity contribution in [1.29, 1.82) is 0 Å². The van der Waals surface area contributed by atoms with E-state index in [0.717, 1.165) is 14.6 Å². The van der Waals surface area contributed by atoms with Crippen LogP contribution in [0.15, 0.2) is 32.3 Å². The molecule has 0 amide bonds. The fraction of sp³-hybridized carbons (Fsp3) is 0.125. The Morgan fingerprint density at radius 3 is 2.50 bits per heavy atom. The summed E-state index contributed by atoms with van der Waals surface area (Å²) >= 11 is 6.77. The topological polar surface area (TPSA) is 70.6 Å². The summed E-state index contributed by atoms with van der Waals surface area (Å²) in [5, 5.41) is 14.2. The molecule has 0 unspecified atom stereocenters. The fourth-order valence-corrected chi connectivity index (χ4v) is 2.16. The number of hydrogen-bond donors (Lipinski definition) is 3. The van der Waals surface area contributed by atoms with E-state index in [0.29, 0.717) is 0 Å². The molecule has 4 nitrogen and oxygen atoms in total. The molecule has 76 valence electrons. The predicted octanol–water partition coefficient (Wildman–Crippen LogP) is 2.37. The minimum absolute atomic E-state index is 0.132. The lowest BCUT2D eigenvalue weighted by Gasteiger charge is -2.09. The van der Waals surface area contributed by atoms with Crippen LogP contribution in [-0.2, 0) is 0 Å². The van der Waals surface area contributed by atoms with Crippen LogP contribution in [0.2, 0.25) is 0 Å². The molecule has 0 atom stereocenters.